The van der Waals surface area contributed by atoms with Gasteiger partial charge in [0.15, 0.2) is 0 Å². The zero-order chi connectivity index (χ0) is 11.7. The van der Waals surface area contributed by atoms with E-state index in [0.717, 1.165) is 31.7 Å². The van der Waals surface area contributed by atoms with E-state index in [4.69, 9.17) is 4.74 Å². The summed E-state index contributed by atoms with van der Waals surface area (Å²) in [5.41, 5.74) is 1.19. The minimum Gasteiger partial charge on any atom is -0.492 e. The SMILES string of the molecule is O=C(CN1CCOc2ccccc2C1)C1CC1. The first-order chi connectivity index (χ1) is 8.33. The number of ketones is 1. The smallest absolute Gasteiger partial charge is 0.149 e. The van der Waals surface area contributed by atoms with E-state index in [9.17, 15) is 4.79 Å². The number of carbonyl (C=O) groups is 1. The Balaban J connectivity index is 1.69. The summed E-state index contributed by atoms with van der Waals surface area (Å²) in [6.07, 6.45) is 2.19. The van der Waals surface area contributed by atoms with E-state index in [-0.39, 0.29) is 0 Å². The third kappa shape index (κ3) is 2.50. The number of benzene rings is 1. The second kappa shape index (κ2) is 4.49. The Morgan fingerprint density at radius 3 is 3.00 bits per heavy atom. The molecule has 0 bridgehead atoms. The van der Waals surface area contributed by atoms with Crippen LogP contribution < -0.4 is 4.74 Å². The molecule has 1 saturated carbocycles. The van der Waals surface area contributed by atoms with Gasteiger partial charge in [-0.15, -0.1) is 0 Å². The highest BCUT2D eigenvalue weighted by Gasteiger charge is 2.30. The Morgan fingerprint density at radius 2 is 2.18 bits per heavy atom. The van der Waals surface area contributed by atoms with Crippen LogP contribution in [0, 0.1) is 5.92 Å². The fourth-order valence-electron chi connectivity index (χ4n) is 2.27. The van der Waals surface area contributed by atoms with E-state index < -0.39 is 0 Å². The molecule has 1 aliphatic heterocycles. The van der Waals surface area contributed by atoms with Crippen molar-refractivity contribution in [1.29, 1.82) is 0 Å². The zero-order valence-electron chi connectivity index (χ0n) is 9.89. The molecule has 1 aromatic carbocycles. The maximum Gasteiger partial charge on any atom is 0.149 e. The van der Waals surface area contributed by atoms with Gasteiger partial charge in [-0.3, -0.25) is 9.69 Å². The molecule has 2 aliphatic rings. The number of carbonyl (C=O) groups excluding carboxylic acids is 1. The molecule has 0 N–H and O–H groups in total. The van der Waals surface area contributed by atoms with Gasteiger partial charge in [0.05, 0.1) is 6.54 Å². The number of rotatable bonds is 3. The summed E-state index contributed by atoms with van der Waals surface area (Å²) in [5, 5.41) is 0. The van der Waals surface area contributed by atoms with Crippen LogP contribution in [-0.2, 0) is 11.3 Å². The van der Waals surface area contributed by atoms with Crippen molar-refractivity contribution >= 4 is 5.78 Å². The van der Waals surface area contributed by atoms with Crippen molar-refractivity contribution in [2.45, 2.75) is 19.4 Å². The number of nitrogens with zero attached hydrogens (tertiary/aromatic N) is 1. The number of para-hydroxylation sites is 1. The van der Waals surface area contributed by atoms with Crippen molar-refractivity contribution < 1.29 is 9.53 Å². The molecule has 1 fully saturated rings. The number of hydrogen-bond donors (Lipinski definition) is 0. The Kier molecular flexibility index (Phi) is 2.85. The molecule has 1 aliphatic carbocycles. The molecule has 1 heterocycles. The molecule has 3 nitrogen and oxygen atoms in total. The van der Waals surface area contributed by atoms with Crippen LogP contribution in [-0.4, -0.2) is 30.4 Å². The van der Waals surface area contributed by atoms with Gasteiger partial charge in [-0.05, 0) is 18.9 Å². The number of hydrogen-bond acceptors (Lipinski definition) is 3. The first-order valence-electron chi connectivity index (χ1n) is 6.29. The van der Waals surface area contributed by atoms with Crippen molar-refractivity contribution in [2.24, 2.45) is 5.92 Å². The molecule has 17 heavy (non-hydrogen) atoms. The largest absolute Gasteiger partial charge is 0.492 e. The third-order valence-corrected chi connectivity index (χ3v) is 3.44. The third-order valence-electron chi connectivity index (χ3n) is 3.44. The van der Waals surface area contributed by atoms with Crippen molar-refractivity contribution in [3.8, 4) is 5.75 Å². The van der Waals surface area contributed by atoms with Gasteiger partial charge in [0.1, 0.15) is 18.1 Å². The summed E-state index contributed by atoms with van der Waals surface area (Å²) < 4.78 is 5.68. The van der Waals surface area contributed by atoms with Crippen LogP contribution in [0.3, 0.4) is 0 Å². The second-order valence-electron chi connectivity index (χ2n) is 4.91. The van der Waals surface area contributed by atoms with Crippen molar-refractivity contribution in [2.75, 3.05) is 19.7 Å². The molecule has 0 unspecified atom stereocenters. The first-order valence-corrected chi connectivity index (χ1v) is 6.29. The highest BCUT2D eigenvalue weighted by atomic mass is 16.5. The van der Waals surface area contributed by atoms with E-state index >= 15 is 0 Å². The van der Waals surface area contributed by atoms with Gasteiger partial charge >= 0.3 is 0 Å². The standard InChI is InChI=1S/C14H17NO2/c16-13(11-5-6-11)10-15-7-8-17-14-4-2-1-3-12(14)9-15/h1-4,11H,5-10H2. The highest BCUT2D eigenvalue weighted by molar-refractivity contribution is 5.85. The summed E-state index contributed by atoms with van der Waals surface area (Å²) in [6.45, 7) is 2.93. The van der Waals surface area contributed by atoms with Crippen molar-refractivity contribution in [3.05, 3.63) is 29.8 Å². The minimum atomic E-state index is 0.356. The fraction of sp³-hybridized carbons (Fsp3) is 0.500. The van der Waals surface area contributed by atoms with E-state index in [0.29, 0.717) is 24.9 Å². The summed E-state index contributed by atoms with van der Waals surface area (Å²) in [7, 11) is 0. The lowest BCUT2D eigenvalue weighted by Gasteiger charge is -2.18. The van der Waals surface area contributed by atoms with E-state index in [1.165, 1.54) is 5.56 Å². The number of fused-ring (bicyclic) bond motifs is 1. The summed E-state index contributed by atoms with van der Waals surface area (Å²) in [6, 6.07) is 8.09. The molecule has 0 radical (unpaired) electrons. The minimum absolute atomic E-state index is 0.356. The Labute approximate surface area is 101 Å². The number of ether oxygens (including phenoxy) is 1. The van der Waals surface area contributed by atoms with E-state index in [2.05, 4.69) is 11.0 Å². The molecule has 0 spiro atoms. The summed E-state index contributed by atoms with van der Waals surface area (Å²) in [5.74, 6) is 1.73. The van der Waals surface area contributed by atoms with Crippen LogP contribution in [0.4, 0.5) is 0 Å². The predicted octanol–water partition coefficient (Wildman–Crippen LogP) is 1.86. The topological polar surface area (TPSA) is 29.5 Å². The molecular weight excluding hydrogens is 214 g/mol. The van der Waals surface area contributed by atoms with Gasteiger partial charge in [0.25, 0.3) is 0 Å². The van der Waals surface area contributed by atoms with Crippen LogP contribution in [0.25, 0.3) is 0 Å². The highest BCUT2D eigenvalue weighted by Crippen LogP contribution is 2.30. The molecule has 0 atom stereocenters. The quantitative estimate of drug-likeness (QED) is 0.795. The average molecular weight is 231 g/mol. The van der Waals surface area contributed by atoms with Crippen molar-refractivity contribution in [1.82, 2.24) is 4.90 Å². The molecule has 1 aromatic rings. The van der Waals surface area contributed by atoms with Gasteiger partial charge in [0.2, 0.25) is 0 Å². The lowest BCUT2D eigenvalue weighted by Crippen LogP contribution is -2.32. The monoisotopic (exact) mass is 231 g/mol. The Bertz CT molecular complexity index is 426. The van der Waals surface area contributed by atoms with Gasteiger partial charge in [0, 0.05) is 24.6 Å². The van der Waals surface area contributed by atoms with Crippen LogP contribution in [0.5, 0.6) is 5.75 Å². The van der Waals surface area contributed by atoms with Crippen LogP contribution in [0.2, 0.25) is 0 Å². The molecule has 3 heteroatoms. The molecule has 0 amide bonds. The predicted molar refractivity (Wildman–Crippen MR) is 64.9 cm³/mol. The summed E-state index contributed by atoms with van der Waals surface area (Å²) >= 11 is 0. The van der Waals surface area contributed by atoms with Crippen LogP contribution in [0.15, 0.2) is 24.3 Å². The molecule has 0 aromatic heterocycles. The Morgan fingerprint density at radius 1 is 1.35 bits per heavy atom. The lowest BCUT2D eigenvalue weighted by atomic mass is 10.2. The van der Waals surface area contributed by atoms with E-state index in [1.807, 2.05) is 18.2 Å². The van der Waals surface area contributed by atoms with E-state index in [1.54, 1.807) is 0 Å². The molecular formula is C14H17NO2. The second-order valence-corrected chi connectivity index (χ2v) is 4.91. The van der Waals surface area contributed by atoms with Gasteiger partial charge in [-0.2, -0.15) is 0 Å². The van der Waals surface area contributed by atoms with Gasteiger partial charge in [-0.25, -0.2) is 0 Å². The normalized spacial score (nSPS) is 20.2. The summed E-state index contributed by atoms with van der Waals surface area (Å²) in [4.78, 5) is 14.0. The maximum atomic E-state index is 11.8. The molecule has 0 saturated heterocycles. The van der Waals surface area contributed by atoms with Crippen molar-refractivity contribution in [3.63, 3.8) is 0 Å². The van der Waals surface area contributed by atoms with Gasteiger partial charge < -0.3 is 4.74 Å². The molecule has 90 valence electrons. The Hall–Kier alpha value is -1.35. The number of Topliss-reactive ketones (excluding diaryl/α,β-unsaturated/α-hetero) is 1. The van der Waals surface area contributed by atoms with Gasteiger partial charge in [-0.1, -0.05) is 18.2 Å². The van der Waals surface area contributed by atoms with Crippen LogP contribution >= 0.6 is 0 Å². The molecule has 3 rings (SSSR count). The maximum absolute atomic E-state index is 11.8. The fourth-order valence-corrected chi connectivity index (χ4v) is 2.27. The first kappa shape index (κ1) is 10.8. The average Bonchev–Trinajstić information content (AvgIpc) is 3.15. The van der Waals surface area contributed by atoms with Crippen LogP contribution in [0.1, 0.15) is 18.4 Å². The zero-order valence-corrected chi connectivity index (χ0v) is 9.89. The lowest BCUT2D eigenvalue weighted by molar-refractivity contribution is -0.121.